The third-order valence-electron chi connectivity index (χ3n) is 5.26. The van der Waals surface area contributed by atoms with Crippen LogP contribution in [0.4, 0.5) is 0 Å². The average Bonchev–Trinajstić information content (AvgIpc) is 2.74. The number of allylic oxidation sites excluding steroid dienone is 1. The second-order valence-corrected chi connectivity index (χ2v) is 7.95. The maximum Gasteiger partial charge on any atom is 0.330 e. The minimum atomic E-state index is -1.46. The lowest BCUT2D eigenvalue weighted by Gasteiger charge is -2.42. The molecule has 0 spiro atoms. The molecule has 0 amide bonds. The van der Waals surface area contributed by atoms with Gasteiger partial charge in [-0.1, -0.05) is 37.3 Å². The van der Waals surface area contributed by atoms with Crippen molar-refractivity contribution < 1.29 is 19.1 Å². The van der Waals surface area contributed by atoms with Gasteiger partial charge in [-0.05, 0) is 6.92 Å². The van der Waals surface area contributed by atoms with Crippen molar-refractivity contribution in [2.45, 2.75) is 18.6 Å². The Morgan fingerprint density at radius 2 is 2.00 bits per heavy atom. The number of thioether (sulfide) groups is 1. The highest BCUT2D eigenvalue weighted by Crippen LogP contribution is 2.47. The van der Waals surface area contributed by atoms with Crippen LogP contribution in [-0.2, 0) is 14.3 Å². The number of rotatable bonds is 5. The molecule has 6 nitrogen and oxygen atoms in total. The zero-order valence-corrected chi connectivity index (χ0v) is 17.0. The molecule has 2 aliphatic heterocycles. The molecule has 0 radical (unpaired) electrons. The van der Waals surface area contributed by atoms with Crippen LogP contribution in [0.3, 0.4) is 0 Å². The smallest absolute Gasteiger partial charge is 0.330 e. The first-order valence-electron chi connectivity index (χ1n) is 9.43. The zero-order chi connectivity index (χ0) is 20.1. The second-order valence-electron chi connectivity index (χ2n) is 6.73. The number of nitrogens with zero attached hydrogens (tertiary/aromatic N) is 2. The van der Waals surface area contributed by atoms with Crippen LogP contribution in [0.15, 0.2) is 41.6 Å². The van der Waals surface area contributed by atoms with Crippen LogP contribution >= 0.6 is 11.8 Å². The molecular formula is C21H24N2O4S. The fourth-order valence-corrected chi connectivity index (χ4v) is 5.22. The van der Waals surface area contributed by atoms with Gasteiger partial charge in [-0.25, -0.2) is 0 Å². The van der Waals surface area contributed by atoms with Gasteiger partial charge in [0, 0.05) is 36.0 Å². The molecule has 0 saturated carbocycles. The molecule has 2 unspecified atom stereocenters. The van der Waals surface area contributed by atoms with Crippen molar-refractivity contribution in [3.63, 3.8) is 0 Å². The van der Waals surface area contributed by atoms with E-state index >= 15 is 0 Å². The van der Waals surface area contributed by atoms with Crippen LogP contribution in [0.1, 0.15) is 24.2 Å². The van der Waals surface area contributed by atoms with Crippen LogP contribution in [0.5, 0.6) is 0 Å². The molecule has 1 aromatic rings. The maximum absolute atomic E-state index is 13.5. The van der Waals surface area contributed by atoms with E-state index < -0.39 is 16.6 Å². The molecule has 1 aromatic carbocycles. The predicted molar refractivity (Wildman–Crippen MR) is 107 cm³/mol. The van der Waals surface area contributed by atoms with Gasteiger partial charge in [0.2, 0.25) is 0 Å². The molecule has 0 bridgehead atoms. The Kier molecular flexibility index (Phi) is 6.42. The molecule has 2 atom stereocenters. The highest BCUT2D eigenvalue weighted by molar-refractivity contribution is 8.02. The molecule has 1 fully saturated rings. The molecule has 0 N–H and O–H groups in total. The SMILES string of the molecule is CCOC(=O)C1(C(=O)c2ccccc2)SCC(N2CCOCC2)=C(C#N)C1C. The van der Waals surface area contributed by atoms with E-state index in [0.29, 0.717) is 43.2 Å². The summed E-state index contributed by atoms with van der Waals surface area (Å²) >= 11 is 1.28. The van der Waals surface area contributed by atoms with Crippen LogP contribution in [0, 0.1) is 17.2 Å². The van der Waals surface area contributed by atoms with Gasteiger partial charge in [0.05, 0.1) is 31.5 Å². The van der Waals surface area contributed by atoms with Crippen LogP contribution in [0.2, 0.25) is 0 Å². The van der Waals surface area contributed by atoms with E-state index in [2.05, 4.69) is 11.0 Å². The fraction of sp³-hybridized carbons (Fsp3) is 0.476. The molecule has 2 heterocycles. The Morgan fingerprint density at radius 3 is 2.61 bits per heavy atom. The van der Waals surface area contributed by atoms with Gasteiger partial charge in [-0.15, -0.1) is 11.8 Å². The maximum atomic E-state index is 13.5. The van der Waals surface area contributed by atoms with E-state index in [9.17, 15) is 14.9 Å². The predicted octanol–water partition coefficient (Wildman–Crippen LogP) is 2.66. The number of carbonyl (C=O) groups excluding carboxylic acids is 2. The molecule has 0 aliphatic carbocycles. The number of esters is 1. The largest absolute Gasteiger partial charge is 0.465 e. The number of morpholine rings is 1. The average molecular weight is 401 g/mol. The van der Waals surface area contributed by atoms with E-state index in [1.54, 1.807) is 38.1 Å². The van der Waals surface area contributed by atoms with E-state index in [1.165, 1.54) is 11.8 Å². The van der Waals surface area contributed by atoms with Gasteiger partial charge in [0.1, 0.15) is 0 Å². The van der Waals surface area contributed by atoms with E-state index in [-0.39, 0.29) is 12.4 Å². The molecule has 2 aliphatic rings. The van der Waals surface area contributed by atoms with Crippen molar-refractivity contribution >= 4 is 23.5 Å². The lowest BCUT2D eigenvalue weighted by molar-refractivity contribution is -0.145. The van der Waals surface area contributed by atoms with Crippen molar-refractivity contribution in [3.8, 4) is 6.07 Å². The van der Waals surface area contributed by atoms with Crippen LogP contribution in [0.25, 0.3) is 0 Å². The Hall–Kier alpha value is -2.30. The molecule has 0 aromatic heterocycles. The summed E-state index contributed by atoms with van der Waals surface area (Å²) in [6, 6.07) is 11.0. The number of hydrogen-bond acceptors (Lipinski definition) is 7. The quantitative estimate of drug-likeness (QED) is 0.427. The highest BCUT2D eigenvalue weighted by Gasteiger charge is 2.56. The number of ketones is 1. The van der Waals surface area contributed by atoms with Gasteiger partial charge in [-0.2, -0.15) is 5.26 Å². The van der Waals surface area contributed by atoms with Gasteiger partial charge in [0.25, 0.3) is 0 Å². The number of hydrogen-bond donors (Lipinski definition) is 0. The van der Waals surface area contributed by atoms with E-state index in [1.807, 2.05) is 6.07 Å². The molecule has 7 heteroatoms. The van der Waals surface area contributed by atoms with Crippen molar-refractivity contribution in [2.75, 3.05) is 38.7 Å². The highest BCUT2D eigenvalue weighted by atomic mass is 32.2. The first-order chi connectivity index (χ1) is 13.6. The number of Topliss-reactive ketones (excluding diaryl/α,β-unsaturated/α-hetero) is 1. The molecular weight excluding hydrogens is 376 g/mol. The first kappa shape index (κ1) is 20.4. The summed E-state index contributed by atoms with van der Waals surface area (Å²) in [7, 11) is 0. The molecule has 28 heavy (non-hydrogen) atoms. The van der Waals surface area contributed by atoms with Gasteiger partial charge in [-0.3, -0.25) is 9.59 Å². The standard InChI is InChI=1S/C21H24N2O4S/c1-3-27-20(25)21(19(24)16-7-5-4-6-8-16)15(2)17(13-22)18(14-28-21)23-9-11-26-12-10-23/h4-8,15H,3,9-12,14H2,1-2H3. The summed E-state index contributed by atoms with van der Waals surface area (Å²) in [5.74, 6) is -1.07. The fourth-order valence-electron chi connectivity index (χ4n) is 3.73. The molecule has 1 saturated heterocycles. The lowest BCUT2D eigenvalue weighted by Crippen LogP contribution is -2.54. The number of benzene rings is 1. The third kappa shape index (κ3) is 3.54. The van der Waals surface area contributed by atoms with Crippen LogP contribution < -0.4 is 0 Å². The Balaban J connectivity index is 2.06. The lowest BCUT2D eigenvalue weighted by atomic mass is 9.80. The van der Waals surface area contributed by atoms with Gasteiger partial charge in [0.15, 0.2) is 10.5 Å². The summed E-state index contributed by atoms with van der Waals surface area (Å²) in [4.78, 5) is 28.7. The van der Waals surface area contributed by atoms with Crippen molar-refractivity contribution in [1.82, 2.24) is 4.90 Å². The van der Waals surface area contributed by atoms with Gasteiger partial charge < -0.3 is 14.4 Å². The van der Waals surface area contributed by atoms with E-state index in [0.717, 1.165) is 5.70 Å². The number of carbonyl (C=O) groups is 2. The third-order valence-corrected chi connectivity index (χ3v) is 6.83. The Labute approximate surface area is 169 Å². The molecule has 148 valence electrons. The summed E-state index contributed by atoms with van der Waals surface area (Å²) < 4.78 is 9.28. The Bertz CT molecular complexity index is 811. The van der Waals surface area contributed by atoms with Crippen molar-refractivity contribution in [2.24, 2.45) is 5.92 Å². The second kappa shape index (κ2) is 8.80. The van der Waals surface area contributed by atoms with Crippen molar-refractivity contribution in [1.29, 1.82) is 5.26 Å². The monoisotopic (exact) mass is 400 g/mol. The summed E-state index contributed by atoms with van der Waals surface area (Å²) in [5, 5.41) is 9.92. The van der Waals surface area contributed by atoms with E-state index in [4.69, 9.17) is 9.47 Å². The minimum absolute atomic E-state index is 0.178. The van der Waals surface area contributed by atoms with Crippen molar-refractivity contribution in [3.05, 3.63) is 47.2 Å². The minimum Gasteiger partial charge on any atom is -0.465 e. The molecule has 3 rings (SSSR count). The normalized spacial score (nSPS) is 25.2. The van der Waals surface area contributed by atoms with Gasteiger partial charge >= 0.3 is 5.97 Å². The summed E-state index contributed by atoms with van der Waals surface area (Å²) in [5.41, 5.74) is 1.82. The Morgan fingerprint density at radius 1 is 1.32 bits per heavy atom. The zero-order valence-electron chi connectivity index (χ0n) is 16.1. The topological polar surface area (TPSA) is 79.6 Å². The summed E-state index contributed by atoms with van der Waals surface area (Å²) in [6.45, 7) is 6.29. The first-order valence-corrected chi connectivity index (χ1v) is 10.4. The number of ether oxygens (including phenoxy) is 2. The van der Waals surface area contributed by atoms with Crippen LogP contribution in [-0.4, -0.2) is 60.1 Å². The summed E-state index contributed by atoms with van der Waals surface area (Å²) in [6.07, 6.45) is 0. The number of nitriles is 1.